The third-order valence-corrected chi connectivity index (χ3v) is 6.20. The molecule has 0 bridgehead atoms. The number of carbonyl (C=O) groups is 1. The first-order valence-electron chi connectivity index (χ1n) is 8.41. The van der Waals surface area contributed by atoms with Crippen molar-refractivity contribution >= 4 is 15.9 Å². The number of furan rings is 1. The summed E-state index contributed by atoms with van der Waals surface area (Å²) in [5.41, 5.74) is 0.808. The number of likely N-dealkylation sites (tertiary alicyclic amines) is 1. The van der Waals surface area contributed by atoms with E-state index in [1.807, 2.05) is 0 Å². The maximum atomic E-state index is 12.6. The molecule has 2 aliphatic rings. The molecule has 2 N–H and O–H groups in total. The number of aromatic nitrogens is 2. The van der Waals surface area contributed by atoms with Gasteiger partial charge in [0.05, 0.1) is 11.8 Å². The van der Waals surface area contributed by atoms with Crippen molar-refractivity contribution in [3.05, 3.63) is 23.6 Å². The molecule has 1 aliphatic carbocycles. The van der Waals surface area contributed by atoms with Crippen molar-refractivity contribution in [2.45, 2.75) is 43.5 Å². The molecule has 0 aromatic carbocycles. The molecule has 2 aromatic heterocycles. The van der Waals surface area contributed by atoms with Gasteiger partial charge in [0.25, 0.3) is 5.91 Å². The minimum absolute atomic E-state index is 0.0159. The van der Waals surface area contributed by atoms with Gasteiger partial charge in [-0.25, -0.2) is 13.1 Å². The Bertz CT molecular complexity index is 904. The fourth-order valence-electron chi connectivity index (χ4n) is 3.07. The standard InChI is InChI=1S/C16H20N4O4S/c1-10-14(25(22,23)19-11-4-5-11)8-13(24-10)15-12(9-17-18-15)16(21)20-6-2-3-7-20/h8-9,11,19H,2-7H2,1H3,(H,17,18). The summed E-state index contributed by atoms with van der Waals surface area (Å²) in [4.78, 5) is 14.5. The van der Waals surface area contributed by atoms with Crippen LogP contribution in [0, 0.1) is 6.92 Å². The topological polar surface area (TPSA) is 108 Å². The number of aromatic amines is 1. The molecule has 25 heavy (non-hydrogen) atoms. The molecule has 4 rings (SSSR count). The van der Waals surface area contributed by atoms with Gasteiger partial charge in [-0.05, 0) is 32.6 Å². The summed E-state index contributed by atoms with van der Waals surface area (Å²) < 4.78 is 33.2. The summed E-state index contributed by atoms with van der Waals surface area (Å²) in [7, 11) is -3.62. The molecule has 1 aliphatic heterocycles. The molecule has 0 radical (unpaired) electrons. The van der Waals surface area contributed by atoms with Crippen LogP contribution in [0.15, 0.2) is 21.6 Å². The van der Waals surface area contributed by atoms with Crippen LogP contribution in [0.1, 0.15) is 41.8 Å². The number of H-pyrrole nitrogens is 1. The third-order valence-electron chi connectivity index (χ3n) is 4.57. The van der Waals surface area contributed by atoms with Gasteiger partial charge in [0.15, 0.2) is 5.76 Å². The van der Waals surface area contributed by atoms with Crippen LogP contribution in [-0.2, 0) is 10.0 Å². The minimum Gasteiger partial charge on any atom is -0.458 e. The lowest BCUT2D eigenvalue weighted by Crippen LogP contribution is -2.27. The highest BCUT2D eigenvalue weighted by Gasteiger charge is 2.32. The number of nitrogens with zero attached hydrogens (tertiary/aromatic N) is 2. The van der Waals surface area contributed by atoms with Gasteiger partial charge < -0.3 is 9.32 Å². The van der Waals surface area contributed by atoms with Crippen molar-refractivity contribution in [2.75, 3.05) is 13.1 Å². The van der Waals surface area contributed by atoms with E-state index in [1.54, 1.807) is 11.8 Å². The minimum atomic E-state index is -3.62. The molecule has 3 heterocycles. The van der Waals surface area contributed by atoms with Crippen molar-refractivity contribution < 1.29 is 17.6 Å². The second kappa shape index (κ2) is 5.99. The molecule has 2 fully saturated rings. The quantitative estimate of drug-likeness (QED) is 0.839. The fourth-order valence-corrected chi connectivity index (χ4v) is 4.55. The Labute approximate surface area is 145 Å². The van der Waals surface area contributed by atoms with Gasteiger partial charge >= 0.3 is 0 Å². The van der Waals surface area contributed by atoms with Crippen molar-refractivity contribution in [2.24, 2.45) is 0 Å². The second-order valence-electron chi connectivity index (χ2n) is 6.58. The van der Waals surface area contributed by atoms with Crippen LogP contribution in [-0.4, -0.2) is 48.6 Å². The SMILES string of the molecule is Cc1oc(-c2[nH]ncc2C(=O)N2CCCC2)cc1S(=O)(=O)NC1CC1. The van der Waals surface area contributed by atoms with Crippen LogP contribution in [0.4, 0.5) is 0 Å². The fraction of sp³-hybridized carbons (Fsp3) is 0.500. The number of aryl methyl sites for hydroxylation is 1. The lowest BCUT2D eigenvalue weighted by Gasteiger charge is -2.14. The highest BCUT2D eigenvalue weighted by Crippen LogP contribution is 2.31. The summed E-state index contributed by atoms with van der Waals surface area (Å²) in [5.74, 6) is 0.474. The van der Waals surface area contributed by atoms with E-state index in [0.717, 1.165) is 38.8 Å². The number of hydrogen-bond donors (Lipinski definition) is 2. The first-order chi connectivity index (χ1) is 12.0. The van der Waals surface area contributed by atoms with Gasteiger partial charge in [0.1, 0.15) is 16.3 Å². The number of carbonyl (C=O) groups excluding carboxylic acids is 1. The van der Waals surface area contributed by atoms with Crippen LogP contribution in [0.25, 0.3) is 11.5 Å². The molecule has 0 atom stereocenters. The zero-order chi connectivity index (χ0) is 17.6. The molecule has 8 nitrogen and oxygen atoms in total. The summed E-state index contributed by atoms with van der Waals surface area (Å²) >= 11 is 0. The largest absolute Gasteiger partial charge is 0.458 e. The summed E-state index contributed by atoms with van der Waals surface area (Å²) in [6.07, 6.45) is 5.17. The maximum absolute atomic E-state index is 12.6. The van der Waals surface area contributed by atoms with E-state index in [9.17, 15) is 13.2 Å². The highest BCUT2D eigenvalue weighted by atomic mass is 32.2. The third kappa shape index (κ3) is 3.09. The van der Waals surface area contributed by atoms with Crippen molar-refractivity contribution in [1.82, 2.24) is 19.8 Å². The number of hydrogen-bond acceptors (Lipinski definition) is 5. The van der Waals surface area contributed by atoms with Crippen LogP contribution in [0.3, 0.4) is 0 Å². The average Bonchev–Trinajstić information content (AvgIpc) is 3.04. The van der Waals surface area contributed by atoms with Gasteiger partial charge in [-0.15, -0.1) is 0 Å². The molecule has 134 valence electrons. The van der Waals surface area contributed by atoms with Gasteiger partial charge in [-0.3, -0.25) is 9.89 Å². The first-order valence-corrected chi connectivity index (χ1v) is 9.90. The summed E-state index contributed by atoms with van der Waals surface area (Å²) in [6.45, 7) is 3.06. The van der Waals surface area contributed by atoms with Gasteiger partial charge in [-0.1, -0.05) is 0 Å². The average molecular weight is 364 g/mol. The van der Waals surface area contributed by atoms with Crippen LogP contribution in [0.5, 0.6) is 0 Å². The predicted octanol–water partition coefficient (Wildman–Crippen LogP) is 1.65. The van der Waals surface area contributed by atoms with E-state index in [4.69, 9.17) is 4.42 Å². The Kier molecular flexibility index (Phi) is 3.92. The molecular formula is C16H20N4O4S. The number of sulfonamides is 1. The number of rotatable bonds is 5. The van der Waals surface area contributed by atoms with Crippen molar-refractivity contribution in [3.63, 3.8) is 0 Å². The van der Waals surface area contributed by atoms with Gasteiger partial charge in [0, 0.05) is 25.2 Å². The second-order valence-corrected chi connectivity index (χ2v) is 8.27. The summed E-state index contributed by atoms with van der Waals surface area (Å²) in [5, 5.41) is 6.72. The van der Waals surface area contributed by atoms with E-state index in [2.05, 4.69) is 14.9 Å². The number of amides is 1. The van der Waals surface area contributed by atoms with E-state index in [0.29, 0.717) is 17.0 Å². The summed E-state index contributed by atoms with van der Waals surface area (Å²) in [6, 6.07) is 1.47. The lowest BCUT2D eigenvalue weighted by atomic mass is 10.2. The maximum Gasteiger partial charge on any atom is 0.257 e. The molecule has 9 heteroatoms. The molecule has 0 unspecified atom stereocenters. The molecule has 0 spiro atoms. The van der Waals surface area contributed by atoms with Crippen LogP contribution < -0.4 is 4.72 Å². The normalized spacial score (nSPS) is 18.0. The van der Waals surface area contributed by atoms with Crippen LogP contribution in [0.2, 0.25) is 0 Å². The van der Waals surface area contributed by atoms with Gasteiger partial charge in [-0.2, -0.15) is 5.10 Å². The Balaban J connectivity index is 1.66. The van der Waals surface area contributed by atoms with E-state index in [-0.39, 0.29) is 22.6 Å². The zero-order valence-corrected chi connectivity index (χ0v) is 14.7. The Morgan fingerprint density at radius 3 is 2.76 bits per heavy atom. The van der Waals surface area contributed by atoms with E-state index in [1.165, 1.54) is 12.3 Å². The Morgan fingerprint density at radius 1 is 1.36 bits per heavy atom. The Morgan fingerprint density at radius 2 is 2.08 bits per heavy atom. The molecule has 2 aromatic rings. The molecular weight excluding hydrogens is 344 g/mol. The van der Waals surface area contributed by atoms with Crippen LogP contribution >= 0.6 is 0 Å². The van der Waals surface area contributed by atoms with Crippen molar-refractivity contribution in [1.29, 1.82) is 0 Å². The Hall–Kier alpha value is -2.13. The number of nitrogens with one attached hydrogen (secondary N) is 2. The molecule has 1 saturated carbocycles. The molecule has 1 saturated heterocycles. The highest BCUT2D eigenvalue weighted by molar-refractivity contribution is 7.89. The van der Waals surface area contributed by atoms with E-state index >= 15 is 0 Å². The lowest BCUT2D eigenvalue weighted by molar-refractivity contribution is 0.0793. The monoisotopic (exact) mass is 364 g/mol. The van der Waals surface area contributed by atoms with Crippen molar-refractivity contribution in [3.8, 4) is 11.5 Å². The first kappa shape index (κ1) is 16.3. The smallest absolute Gasteiger partial charge is 0.257 e. The molecule has 1 amide bonds. The zero-order valence-electron chi connectivity index (χ0n) is 13.9. The predicted molar refractivity (Wildman–Crippen MR) is 89.5 cm³/mol. The van der Waals surface area contributed by atoms with Gasteiger partial charge in [0.2, 0.25) is 10.0 Å². The van der Waals surface area contributed by atoms with E-state index < -0.39 is 10.0 Å².